The van der Waals surface area contributed by atoms with Gasteiger partial charge < -0.3 is 10.2 Å². The number of nitrogens with zero attached hydrogens (tertiary/aromatic N) is 3. The van der Waals surface area contributed by atoms with E-state index in [-0.39, 0.29) is 0 Å². The Morgan fingerprint density at radius 2 is 1.75 bits per heavy atom. The molecule has 2 aromatic carbocycles. The number of benzene rings is 2. The fraction of sp³-hybridized carbons (Fsp3) is 0.238. The van der Waals surface area contributed by atoms with Crippen molar-refractivity contribution in [3.05, 3.63) is 71.4 Å². The van der Waals surface area contributed by atoms with Gasteiger partial charge >= 0.3 is 6.18 Å². The largest absolute Gasteiger partial charge is 0.416 e. The quantitative estimate of drug-likeness (QED) is 0.635. The van der Waals surface area contributed by atoms with Gasteiger partial charge in [0, 0.05) is 29.7 Å². The monoisotopic (exact) mass is 384 g/mol. The molecule has 0 atom stereocenters. The van der Waals surface area contributed by atoms with Gasteiger partial charge in [0.15, 0.2) is 0 Å². The van der Waals surface area contributed by atoms with Crippen LogP contribution in [0.15, 0.2) is 54.6 Å². The minimum Gasteiger partial charge on any atom is -0.326 e. The first-order chi connectivity index (χ1) is 13.4. The molecule has 1 aliphatic rings. The zero-order chi connectivity index (χ0) is 19.7. The van der Waals surface area contributed by atoms with Gasteiger partial charge in [-0.25, -0.2) is 4.98 Å². The highest BCUT2D eigenvalue weighted by molar-refractivity contribution is 5.67. The lowest BCUT2D eigenvalue weighted by atomic mass is 10.0. The summed E-state index contributed by atoms with van der Waals surface area (Å²) in [6.07, 6.45) is -2.29. The summed E-state index contributed by atoms with van der Waals surface area (Å²) in [5, 5.41) is 3.01. The number of aryl methyl sites for hydroxylation is 2. The highest BCUT2D eigenvalue weighted by Gasteiger charge is 2.30. The SMILES string of the molecule is Cc1cc(N2CCCc3ccccc32)nc(Nc2ccc(C(F)(F)F)cc2)n1. The van der Waals surface area contributed by atoms with Crippen molar-refractivity contribution in [1.82, 2.24) is 9.97 Å². The van der Waals surface area contributed by atoms with Crippen LogP contribution in [0.5, 0.6) is 0 Å². The molecule has 1 N–H and O–H groups in total. The Bertz CT molecular complexity index is 984. The van der Waals surface area contributed by atoms with Crippen LogP contribution in [0.4, 0.5) is 36.3 Å². The molecular formula is C21H19F3N4. The molecule has 1 aliphatic heterocycles. The van der Waals surface area contributed by atoms with Crippen LogP contribution < -0.4 is 10.2 Å². The summed E-state index contributed by atoms with van der Waals surface area (Å²) in [5.41, 5.74) is 3.01. The molecule has 7 heteroatoms. The third kappa shape index (κ3) is 3.78. The van der Waals surface area contributed by atoms with Gasteiger partial charge in [0.25, 0.3) is 0 Å². The second-order valence-electron chi connectivity index (χ2n) is 6.78. The summed E-state index contributed by atoms with van der Waals surface area (Å²) in [6, 6.07) is 15.0. The number of halogens is 3. The second kappa shape index (κ2) is 7.14. The molecule has 0 spiro atoms. The number of alkyl halides is 3. The average molecular weight is 384 g/mol. The maximum atomic E-state index is 12.7. The normalized spacial score (nSPS) is 13.9. The Labute approximate surface area is 161 Å². The Morgan fingerprint density at radius 1 is 1.00 bits per heavy atom. The summed E-state index contributed by atoms with van der Waals surface area (Å²) in [5.74, 6) is 1.13. The molecule has 2 heterocycles. The fourth-order valence-electron chi connectivity index (χ4n) is 3.39. The van der Waals surface area contributed by atoms with E-state index in [1.807, 2.05) is 25.1 Å². The molecule has 0 saturated heterocycles. The first-order valence-electron chi connectivity index (χ1n) is 9.05. The van der Waals surface area contributed by atoms with Crippen LogP contribution >= 0.6 is 0 Å². The van der Waals surface area contributed by atoms with Crippen LogP contribution in [-0.4, -0.2) is 16.5 Å². The first kappa shape index (κ1) is 18.3. The smallest absolute Gasteiger partial charge is 0.326 e. The maximum Gasteiger partial charge on any atom is 0.416 e. The first-order valence-corrected chi connectivity index (χ1v) is 9.05. The lowest BCUT2D eigenvalue weighted by Crippen LogP contribution is -2.25. The van der Waals surface area contributed by atoms with Gasteiger partial charge in [-0.2, -0.15) is 18.2 Å². The number of rotatable bonds is 3. The van der Waals surface area contributed by atoms with Gasteiger partial charge in [0.2, 0.25) is 5.95 Å². The molecule has 0 radical (unpaired) electrons. The summed E-state index contributed by atoms with van der Waals surface area (Å²) >= 11 is 0. The second-order valence-corrected chi connectivity index (χ2v) is 6.78. The number of anilines is 4. The maximum absolute atomic E-state index is 12.7. The average Bonchev–Trinajstić information content (AvgIpc) is 2.67. The zero-order valence-corrected chi connectivity index (χ0v) is 15.3. The topological polar surface area (TPSA) is 41.1 Å². The van der Waals surface area contributed by atoms with Crippen LogP contribution in [0, 0.1) is 6.92 Å². The van der Waals surface area contributed by atoms with Crippen LogP contribution in [0.3, 0.4) is 0 Å². The third-order valence-corrected chi connectivity index (χ3v) is 4.70. The lowest BCUT2D eigenvalue weighted by Gasteiger charge is -2.30. The van der Waals surface area contributed by atoms with E-state index in [9.17, 15) is 13.2 Å². The Morgan fingerprint density at radius 3 is 2.50 bits per heavy atom. The number of aromatic nitrogens is 2. The van der Waals surface area contributed by atoms with Crippen molar-refractivity contribution in [2.24, 2.45) is 0 Å². The molecule has 1 aromatic heterocycles. The van der Waals surface area contributed by atoms with Crippen molar-refractivity contribution >= 4 is 23.1 Å². The Kier molecular flexibility index (Phi) is 4.66. The molecule has 144 valence electrons. The summed E-state index contributed by atoms with van der Waals surface area (Å²) in [4.78, 5) is 11.1. The van der Waals surface area contributed by atoms with Gasteiger partial charge in [-0.15, -0.1) is 0 Å². The predicted molar refractivity (Wildman–Crippen MR) is 103 cm³/mol. The van der Waals surface area contributed by atoms with Crippen LogP contribution in [0.1, 0.15) is 23.2 Å². The van der Waals surface area contributed by atoms with E-state index in [1.54, 1.807) is 0 Å². The summed E-state index contributed by atoms with van der Waals surface area (Å²) < 4.78 is 38.2. The standard InChI is InChI=1S/C21H19F3N4/c1-14-13-19(28-12-4-6-15-5-2-3-7-18(15)28)27-20(25-14)26-17-10-8-16(9-11-17)21(22,23)24/h2-3,5,7-11,13H,4,6,12H2,1H3,(H,25,26,27). The van der Waals surface area contributed by atoms with Crippen LogP contribution in [0.25, 0.3) is 0 Å². The van der Waals surface area contributed by atoms with Crippen LogP contribution in [0.2, 0.25) is 0 Å². The predicted octanol–water partition coefficient (Wildman–Crippen LogP) is 5.63. The van der Waals surface area contributed by atoms with Gasteiger partial charge in [-0.3, -0.25) is 0 Å². The number of nitrogens with one attached hydrogen (secondary N) is 1. The summed E-state index contributed by atoms with van der Waals surface area (Å²) in [6.45, 7) is 2.73. The number of hydrogen-bond donors (Lipinski definition) is 1. The minimum absolute atomic E-state index is 0.359. The zero-order valence-electron chi connectivity index (χ0n) is 15.3. The Balaban J connectivity index is 1.62. The van der Waals surface area contributed by atoms with Crippen molar-refractivity contribution in [2.75, 3.05) is 16.8 Å². The number of fused-ring (bicyclic) bond motifs is 1. The van der Waals surface area contributed by atoms with Crippen molar-refractivity contribution in [1.29, 1.82) is 0 Å². The fourth-order valence-corrected chi connectivity index (χ4v) is 3.39. The molecule has 3 aromatic rings. The van der Waals surface area contributed by atoms with Crippen molar-refractivity contribution in [2.45, 2.75) is 25.9 Å². The van der Waals surface area contributed by atoms with Gasteiger partial charge in [0.05, 0.1) is 5.56 Å². The van der Waals surface area contributed by atoms with Gasteiger partial charge in [-0.1, -0.05) is 18.2 Å². The molecule has 0 amide bonds. The molecule has 0 fully saturated rings. The minimum atomic E-state index is -4.35. The molecule has 0 unspecified atom stereocenters. The molecule has 28 heavy (non-hydrogen) atoms. The molecular weight excluding hydrogens is 365 g/mol. The van der Waals surface area contributed by atoms with Crippen LogP contribution in [-0.2, 0) is 12.6 Å². The van der Waals surface area contributed by atoms with Gasteiger partial charge in [-0.05, 0) is 55.7 Å². The number of hydrogen-bond acceptors (Lipinski definition) is 4. The number of para-hydroxylation sites is 1. The van der Waals surface area contributed by atoms with E-state index in [2.05, 4.69) is 32.3 Å². The van der Waals surface area contributed by atoms with E-state index in [1.165, 1.54) is 17.7 Å². The van der Waals surface area contributed by atoms with Crippen molar-refractivity contribution in [3.63, 3.8) is 0 Å². The highest BCUT2D eigenvalue weighted by Crippen LogP contribution is 2.33. The van der Waals surface area contributed by atoms with Gasteiger partial charge in [0.1, 0.15) is 5.82 Å². The molecule has 0 bridgehead atoms. The molecule has 4 nitrogen and oxygen atoms in total. The Hall–Kier alpha value is -3.09. The molecule has 0 saturated carbocycles. The third-order valence-electron chi connectivity index (χ3n) is 4.70. The van der Waals surface area contributed by atoms with Crippen molar-refractivity contribution < 1.29 is 13.2 Å². The van der Waals surface area contributed by atoms with E-state index in [0.29, 0.717) is 11.6 Å². The molecule has 4 rings (SSSR count). The van der Waals surface area contributed by atoms with E-state index in [0.717, 1.165) is 48.7 Å². The molecule has 0 aliphatic carbocycles. The van der Waals surface area contributed by atoms with E-state index < -0.39 is 11.7 Å². The lowest BCUT2D eigenvalue weighted by molar-refractivity contribution is -0.137. The highest BCUT2D eigenvalue weighted by atomic mass is 19.4. The van der Waals surface area contributed by atoms with E-state index >= 15 is 0 Å². The van der Waals surface area contributed by atoms with Crippen molar-refractivity contribution in [3.8, 4) is 0 Å². The van der Waals surface area contributed by atoms with E-state index in [4.69, 9.17) is 0 Å². The summed E-state index contributed by atoms with van der Waals surface area (Å²) in [7, 11) is 0.